The van der Waals surface area contributed by atoms with Gasteiger partial charge in [-0.15, -0.1) is 10.6 Å². The van der Waals surface area contributed by atoms with Gasteiger partial charge in [0.25, 0.3) is 0 Å². The highest BCUT2D eigenvalue weighted by molar-refractivity contribution is 6.39. The molecule has 2 fully saturated rings. The molecule has 7 rings (SSSR count). The number of pyridine rings is 1. The van der Waals surface area contributed by atoms with E-state index in [9.17, 15) is 0 Å². The van der Waals surface area contributed by atoms with Gasteiger partial charge in [-0.3, -0.25) is 10.4 Å². The molecule has 0 bridgehead atoms. The third-order valence-corrected chi connectivity index (χ3v) is 8.33. The Morgan fingerprint density at radius 3 is 2.51 bits per heavy atom. The molecule has 2 aromatic carbocycles. The molecule has 4 aromatic rings. The smallest absolute Gasteiger partial charge is 0.189 e. The average Bonchev–Trinajstić information content (AvgIpc) is 3.84. The summed E-state index contributed by atoms with van der Waals surface area (Å²) in [5, 5.41) is 10.2. The molecule has 2 unspecified atom stereocenters. The fourth-order valence-corrected chi connectivity index (χ4v) is 5.98. The van der Waals surface area contributed by atoms with Crippen LogP contribution in [0, 0.1) is 0 Å². The van der Waals surface area contributed by atoms with E-state index in [0.717, 1.165) is 41.8 Å². The number of nitrogens with zero attached hydrogens (tertiary/aromatic N) is 3. The molecule has 0 amide bonds. The lowest BCUT2D eigenvalue weighted by molar-refractivity contribution is 0.300. The highest BCUT2D eigenvalue weighted by Gasteiger charge is 2.41. The van der Waals surface area contributed by atoms with Gasteiger partial charge in [0.05, 0.1) is 15.6 Å². The number of hydrogen-bond donors (Lipinski definition) is 3. The summed E-state index contributed by atoms with van der Waals surface area (Å²) in [7, 11) is 0. The van der Waals surface area contributed by atoms with E-state index in [1.807, 2.05) is 30.5 Å². The number of rotatable bonds is 8. The van der Waals surface area contributed by atoms with Crippen molar-refractivity contribution in [1.29, 1.82) is 0 Å². The average molecular weight is 582 g/mol. The number of halogens is 3. The molecule has 0 saturated heterocycles. The summed E-state index contributed by atoms with van der Waals surface area (Å²) in [6.45, 7) is 0.275. The van der Waals surface area contributed by atoms with E-state index in [1.54, 1.807) is 12.1 Å². The normalized spacial score (nSPS) is 19.8. The van der Waals surface area contributed by atoms with Crippen molar-refractivity contribution in [2.75, 3.05) is 0 Å². The first-order chi connectivity index (χ1) is 19.1. The molecule has 0 spiro atoms. The monoisotopic (exact) mass is 580 g/mol. The van der Waals surface area contributed by atoms with E-state index in [0.29, 0.717) is 55.7 Å². The highest BCUT2D eigenvalue weighted by atomic mass is 35.5. The van der Waals surface area contributed by atoms with E-state index < -0.39 is 0 Å². The van der Waals surface area contributed by atoms with Gasteiger partial charge in [0.2, 0.25) is 0 Å². The fraction of sp³-hybridized carbons (Fsp3) is 0.250. The second-order valence-electron chi connectivity index (χ2n) is 9.96. The second-order valence-corrected chi connectivity index (χ2v) is 11.2. The first-order valence-electron chi connectivity index (χ1n) is 12.7. The molecule has 1 aliphatic heterocycles. The number of benzene rings is 2. The van der Waals surface area contributed by atoms with Crippen LogP contribution in [0.4, 0.5) is 0 Å². The van der Waals surface area contributed by atoms with Gasteiger partial charge >= 0.3 is 0 Å². The molecular formula is C28H23Cl3N6O2. The van der Waals surface area contributed by atoms with Crippen LogP contribution < -0.4 is 21.2 Å². The minimum Gasteiger partial charge on any atom is -0.489 e. The van der Waals surface area contributed by atoms with Gasteiger partial charge in [-0.2, -0.15) is 0 Å². The maximum Gasteiger partial charge on any atom is 0.189 e. The molecule has 2 saturated carbocycles. The molecule has 8 nitrogen and oxygen atoms in total. The van der Waals surface area contributed by atoms with Crippen LogP contribution in [0.5, 0.6) is 5.75 Å². The zero-order valence-electron chi connectivity index (χ0n) is 20.5. The van der Waals surface area contributed by atoms with Crippen molar-refractivity contribution in [3.05, 3.63) is 97.9 Å². The Morgan fingerprint density at radius 1 is 0.974 bits per heavy atom. The number of aromatic nitrogens is 2. The largest absolute Gasteiger partial charge is 0.489 e. The summed E-state index contributed by atoms with van der Waals surface area (Å²) in [4.78, 5) is 4.54. The van der Waals surface area contributed by atoms with Crippen LogP contribution in [0.2, 0.25) is 15.1 Å². The Bertz CT molecular complexity index is 1560. The summed E-state index contributed by atoms with van der Waals surface area (Å²) in [6, 6.07) is 15.4. The van der Waals surface area contributed by atoms with Gasteiger partial charge in [0.1, 0.15) is 29.5 Å². The van der Waals surface area contributed by atoms with Gasteiger partial charge in [-0.25, -0.2) is 5.53 Å². The highest BCUT2D eigenvalue weighted by Crippen LogP contribution is 2.56. The van der Waals surface area contributed by atoms with Crippen LogP contribution in [0.3, 0.4) is 0 Å². The number of hydrogen-bond acceptors (Lipinski definition) is 8. The van der Waals surface area contributed by atoms with Gasteiger partial charge in [-0.1, -0.05) is 58.2 Å². The van der Waals surface area contributed by atoms with E-state index in [-0.39, 0.29) is 6.61 Å². The van der Waals surface area contributed by atoms with Crippen molar-refractivity contribution in [1.82, 2.24) is 26.6 Å². The SMILES string of the molecule is Clc1cc(OCc2c(-c3c(Cl)cccc3Cl)noc2C2CC2)ccc1C1CC1c1ccc(C2=NNNN2)nc1. The lowest BCUT2D eigenvalue weighted by Crippen LogP contribution is -2.35. The number of ether oxygens (including phenoxy) is 1. The number of amidine groups is 1. The van der Waals surface area contributed by atoms with E-state index in [1.165, 1.54) is 5.56 Å². The van der Waals surface area contributed by atoms with Gasteiger partial charge in [0, 0.05) is 22.7 Å². The molecule has 39 heavy (non-hydrogen) atoms. The Hall–Kier alpha value is -3.30. The Morgan fingerprint density at radius 2 is 1.82 bits per heavy atom. The Balaban J connectivity index is 1.07. The van der Waals surface area contributed by atoms with Gasteiger partial charge in [-0.05, 0) is 72.6 Å². The van der Waals surface area contributed by atoms with Crippen LogP contribution in [0.1, 0.15) is 65.2 Å². The van der Waals surface area contributed by atoms with Crippen molar-refractivity contribution in [2.24, 2.45) is 5.10 Å². The Kier molecular flexibility index (Phi) is 6.35. The molecule has 2 aromatic heterocycles. The third-order valence-electron chi connectivity index (χ3n) is 7.37. The fourth-order valence-electron chi connectivity index (χ4n) is 5.09. The molecule has 2 atom stereocenters. The van der Waals surface area contributed by atoms with E-state index >= 15 is 0 Å². The predicted molar refractivity (Wildman–Crippen MR) is 150 cm³/mol. The summed E-state index contributed by atoms with van der Waals surface area (Å²) in [5.74, 6) is 3.25. The summed E-state index contributed by atoms with van der Waals surface area (Å²) in [6.07, 6.45) is 5.07. The standard InChI is InChI=1S/C28H23Cl3N6O2/c29-21-2-1-3-22(30)25(21)26-20(27(39-35-26)14-4-5-14)13-38-16-7-8-17(23(31)10-16)19-11-18(19)15-6-9-24(32-12-15)28-33-36-37-34-28/h1-3,6-10,12,14,18-19,36-37H,4-5,11,13H2,(H,33,34). The first-order valence-corrected chi connectivity index (χ1v) is 13.9. The molecule has 3 heterocycles. The van der Waals surface area contributed by atoms with Crippen molar-refractivity contribution in [2.45, 2.75) is 43.6 Å². The topological polar surface area (TPSA) is 96.6 Å². The maximum atomic E-state index is 6.75. The van der Waals surface area contributed by atoms with Crippen LogP contribution in [-0.2, 0) is 6.61 Å². The van der Waals surface area contributed by atoms with Crippen molar-refractivity contribution < 1.29 is 9.26 Å². The molecular weight excluding hydrogens is 559 g/mol. The molecule has 198 valence electrons. The van der Waals surface area contributed by atoms with Crippen LogP contribution >= 0.6 is 34.8 Å². The Labute approximate surface area is 239 Å². The quantitative estimate of drug-likeness (QED) is 0.213. The lowest BCUT2D eigenvalue weighted by Gasteiger charge is -2.11. The number of hydrazone groups is 1. The molecule has 0 radical (unpaired) electrons. The van der Waals surface area contributed by atoms with Crippen molar-refractivity contribution >= 4 is 40.6 Å². The molecule has 3 N–H and O–H groups in total. The molecule has 2 aliphatic carbocycles. The van der Waals surface area contributed by atoms with Gasteiger partial charge < -0.3 is 9.26 Å². The molecule has 3 aliphatic rings. The number of hydrazine groups is 2. The summed E-state index contributed by atoms with van der Waals surface area (Å²) >= 11 is 19.7. The first kappa shape index (κ1) is 24.7. The van der Waals surface area contributed by atoms with Crippen LogP contribution in [0.15, 0.2) is 64.4 Å². The second kappa shape index (κ2) is 10.0. The van der Waals surface area contributed by atoms with Crippen molar-refractivity contribution in [3.63, 3.8) is 0 Å². The minimum atomic E-state index is 0.275. The molecule has 11 heteroatoms. The van der Waals surface area contributed by atoms with Gasteiger partial charge in [0.15, 0.2) is 5.84 Å². The minimum absolute atomic E-state index is 0.275. The predicted octanol–water partition coefficient (Wildman–Crippen LogP) is 6.70. The van der Waals surface area contributed by atoms with E-state index in [4.69, 9.17) is 44.1 Å². The van der Waals surface area contributed by atoms with Crippen molar-refractivity contribution in [3.8, 4) is 17.0 Å². The third kappa shape index (κ3) is 4.82. The van der Waals surface area contributed by atoms with E-state index in [2.05, 4.69) is 43.9 Å². The zero-order chi connectivity index (χ0) is 26.5. The van der Waals surface area contributed by atoms with Crippen LogP contribution in [-0.4, -0.2) is 16.0 Å². The zero-order valence-corrected chi connectivity index (χ0v) is 22.8. The van der Waals surface area contributed by atoms with Crippen LogP contribution in [0.25, 0.3) is 11.3 Å². The summed E-state index contributed by atoms with van der Waals surface area (Å²) < 4.78 is 12.0. The maximum absolute atomic E-state index is 6.75. The number of nitrogens with one attached hydrogen (secondary N) is 3. The lowest BCUT2D eigenvalue weighted by atomic mass is 10.0. The summed E-state index contributed by atoms with van der Waals surface area (Å²) in [5.41, 5.74) is 13.5.